The molecule has 0 bridgehead atoms. The smallest absolute Gasteiger partial charge is 0.0125 e. The first-order valence-corrected chi connectivity index (χ1v) is 5.82. The van der Waals surface area contributed by atoms with Gasteiger partial charge < -0.3 is 0 Å². The molecule has 1 saturated carbocycles. The molecule has 0 N–H and O–H groups in total. The van der Waals surface area contributed by atoms with Crippen molar-refractivity contribution in [3.8, 4) is 0 Å². The van der Waals surface area contributed by atoms with Crippen molar-refractivity contribution in [2.45, 2.75) is 52.0 Å². The standard InChI is InChI=1S/C12H23N/c1-12(2,3)13-8-10-6-4-5-7-11(10)9-13/h10-11H,4-9H2,1-3H3/t10-,11-/m0/s1. The molecule has 1 aliphatic heterocycles. The van der Waals surface area contributed by atoms with Gasteiger partial charge in [-0.1, -0.05) is 12.8 Å². The molecule has 1 aliphatic carbocycles. The zero-order chi connectivity index (χ0) is 9.47. The number of rotatable bonds is 0. The fraction of sp³-hybridized carbons (Fsp3) is 1.00. The zero-order valence-electron chi connectivity index (χ0n) is 9.34. The molecule has 0 unspecified atom stereocenters. The summed E-state index contributed by atoms with van der Waals surface area (Å²) in [6.07, 6.45) is 5.97. The van der Waals surface area contributed by atoms with Crippen LogP contribution in [0.5, 0.6) is 0 Å². The summed E-state index contributed by atoms with van der Waals surface area (Å²) < 4.78 is 0. The minimum atomic E-state index is 0.400. The lowest BCUT2D eigenvalue weighted by atomic mass is 9.82. The molecule has 0 spiro atoms. The molecule has 1 heterocycles. The van der Waals surface area contributed by atoms with Gasteiger partial charge in [-0.15, -0.1) is 0 Å². The van der Waals surface area contributed by atoms with Gasteiger partial charge in [0.1, 0.15) is 0 Å². The molecule has 76 valence electrons. The van der Waals surface area contributed by atoms with Crippen LogP contribution in [0.2, 0.25) is 0 Å². The van der Waals surface area contributed by atoms with Crippen molar-refractivity contribution in [3.63, 3.8) is 0 Å². The molecule has 0 radical (unpaired) electrons. The molecule has 0 aromatic heterocycles. The van der Waals surface area contributed by atoms with E-state index in [0.29, 0.717) is 5.54 Å². The predicted molar refractivity (Wildman–Crippen MR) is 56.8 cm³/mol. The topological polar surface area (TPSA) is 3.24 Å². The highest BCUT2D eigenvalue weighted by Gasteiger charge is 2.38. The molecule has 2 atom stereocenters. The van der Waals surface area contributed by atoms with E-state index in [1.165, 1.54) is 38.8 Å². The van der Waals surface area contributed by atoms with Crippen molar-refractivity contribution in [1.82, 2.24) is 4.90 Å². The van der Waals surface area contributed by atoms with E-state index in [1.807, 2.05) is 0 Å². The molecule has 0 aromatic rings. The lowest BCUT2D eigenvalue weighted by molar-refractivity contribution is 0.165. The second-order valence-corrected chi connectivity index (χ2v) is 5.88. The third kappa shape index (κ3) is 1.90. The molecule has 1 heteroatoms. The number of likely N-dealkylation sites (tertiary alicyclic amines) is 1. The minimum Gasteiger partial charge on any atom is -0.298 e. The Kier molecular flexibility index (Phi) is 2.39. The first-order valence-electron chi connectivity index (χ1n) is 5.82. The van der Waals surface area contributed by atoms with Crippen LogP contribution in [0.4, 0.5) is 0 Å². The maximum Gasteiger partial charge on any atom is 0.0125 e. The van der Waals surface area contributed by atoms with Crippen LogP contribution in [0.15, 0.2) is 0 Å². The number of nitrogens with zero attached hydrogens (tertiary/aromatic N) is 1. The first-order chi connectivity index (χ1) is 6.07. The monoisotopic (exact) mass is 181 g/mol. The molecular weight excluding hydrogens is 158 g/mol. The zero-order valence-corrected chi connectivity index (χ0v) is 9.34. The largest absolute Gasteiger partial charge is 0.298 e. The highest BCUT2D eigenvalue weighted by Crippen LogP contribution is 2.38. The Hall–Kier alpha value is -0.0400. The molecule has 0 aromatic carbocycles. The van der Waals surface area contributed by atoms with E-state index in [1.54, 1.807) is 0 Å². The highest BCUT2D eigenvalue weighted by molar-refractivity contribution is 4.91. The molecule has 2 fully saturated rings. The maximum atomic E-state index is 2.69. The molecule has 0 amide bonds. The van der Waals surface area contributed by atoms with E-state index in [9.17, 15) is 0 Å². The van der Waals surface area contributed by atoms with Crippen LogP contribution in [0.25, 0.3) is 0 Å². The van der Waals surface area contributed by atoms with Gasteiger partial charge in [0, 0.05) is 18.6 Å². The van der Waals surface area contributed by atoms with Crippen molar-refractivity contribution in [1.29, 1.82) is 0 Å². The van der Waals surface area contributed by atoms with Gasteiger partial charge in [0.2, 0.25) is 0 Å². The van der Waals surface area contributed by atoms with E-state index >= 15 is 0 Å². The quantitative estimate of drug-likeness (QED) is 0.555. The lowest BCUT2D eigenvalue weighted by Crippen LogP contribution is -2.39. The SMILES string of the molecule is CC(C)(C)N1C[C@@H]2CCCC[C@H]2C1. The van der Waals surface area contributed by atoms with Crippen molar-refractivity contribution in [2.75, 3.05) is 13.1 Å². The van der Waals surface area contributed by atoms with E-state index < -0.39 is 0 Å². The van der Waals surface area contributed by atoms with Gasteiger partial charge in [0.25, 0.3) is 0 Å². The fourth-order valence-corrected chi connectivity index (χ4v) is 2.95. The van der Waals surface area contributed by atoms with E-state index in [0.717, 1.165) is 11.8 Å². The van der Waals surface area contributed by atoms with Gasteiger partial charge in [-0.05, 0) is 45.4 Å². The Morgan fingerprint density at radius 3 is 1.77 bits per heavy atom. The predicted octanol–water partition coefficient (Wildman–Crippen LogP) is 2.91. The van der Waals surface area contributed by atoms with Gasteiger partial charge in [-0.2, -0.15) is 0 Å². The van der Waals surface area contributed by atoms with Gasteiger partial charge in [0.15, 0.2) is 0 Å². The van der Waals surface area contributed by atoms with Crippen LogP contribution in [0, 0.1) is 11.8 Å². The first kappa shape index (κ1) is 9.51. The van der Waals surface area contributed by atoms with Crippen LogP contribution < -0.4 is 0 Å². The minimum absolute atomic E-state index is 0.400. The third-order valence-corrected chi connectivity index (χ3v) is 3.92. The van der Waals surface area contributed by atoms with E-state index in [2.05, 4.69) is 25.7 Å². The Morgan fingerprint density at radius 1 is 0.923 bits per heavy atom. The molecule has 2 rings (SSSR count). The Balaban J connectivity index is 1.99. The lowest BCUT2D eigenvalue weighted by Gasteiger charge is -2.31. The summed E-state index contributed by atoms with van der Waals surface area (Å²) in [6.45, 7) is 9.79. The Labute approximate surface area is 82.5 Å². The average Bonchev–Trinajstić information content (AvgIpc) is 2.45. The van der Waals surface area contributed by atoms with Crippen LogP contribution in [0.1, 0.15) is 46.5 Å². The van der Waals surface area contributed by atoms with Gasteiger partial charge >= 0.3 is 0 Å². The van der Waals surface area contributed by atoms with Crippen LogP contribution in [-0.4, -0.2) is 23.5 Å². The number of hydrogen-bond acceptors (Lipinski definition) is 1. The number of hydrogen-bond donors (Lipinski definition) is 0. The van der Waals surface area contributed by atoms with E-state index in [-0.39, 0.29) is 0 Å². The Morgan fingerprint density at radius 2 is 1.38 bits per heavy atom. The molecule has 1 nitrogen and oxygen atoms in total. The molecule has 1 saturated heterocycles. The summed E-state index contributed by atoms with van der Waals surface area (Å²) in [6, 6.07) is 0. The van der Waals surface area contributed by atoms with Gasteiger partial charge in [-0.3, -0.25) is 4.90 Å². The highest BCUT2D eigenvalue weighted by atomic mass is 15.2. The molecular formula is C12H23N. The summed E-state index contributed by atoms with van der Waals surface area (Å²) in [5, 5.41) is 0. The van der Waals surface area contributed by atoms with Gasteiger partial charge in [-0.25, -0.2) is 0 Å². The third-order valence-electron chi connectivity index (χ3n) is 3.92. The average molecular weight is 181 g/mol. The summed E-state index contributed by atoms with van der Waals surface area (Å²) in [5.74, 6) is 2.07. The second kappa shape index (κ2) is 3.27. The van der Waals surface area contributed by atoms with Crippen LogP contribution >= 0.6 is 0 Å². The van der Waals surface area contributed by atoms with Gasteiger partial charge in [0.05, 0.1) is 0 Å². The molecule has 2 aliphatic rings. The van der Waals surface area contributed by atoms with Crippen LogP contribution in [-0.2, 0) is 0 Å². The second-order valence-electron chi connectivity index (χ2n) is 5.88. The van der Waals surface area contributed by atoms with Crippen molar-refractivity contribution >= 4 is 0 Å². The van der Waals surface area contributed by atoms with Crippen molar-refractivity contribution in [2.24, 2.45) is 11.8 Å². The summed E-state index contributed by atoms with van der Waals surface area (Å²) in [7, 11) is 0. The van der Waals surface area contributed by atoms with Crippen molar-refractivity contribution < 1.29 is 0 Å². The van der Waals surface area contributed by atoms with Crippen LogP contribution in [0.3, 0.4) is 0 Å². The number of fused-ring (bicyclic) bond motifs is 1. The fourth-order valence-electron chi connectivity index (χ4n) is 2.95. The summed E-state index contributed by atoms with van der Waals surface area (Å²) in [5.41, 5.74) is 0.400. The summed E-state index contributed by atoms with van der Waals surface area (Å²) >= 11 is 0. The van der Waals surface area contributed by atoms with E-state index in [4.69, 9.17) is 0 Å². The maximum absolute atomic E-state index is 2.69. The Bertz CT molecular complexity index is 166. The molecule has 13 heavy (non-hydrogen) atoms. The van der Waals surface area contributed by atoms with Crippen molar-refractivity contribution in [3.05, 3.63) is 0 Å². The summed E-state index contributed by atoms with van der Waals surface area (Å²) in [4.78, 5) is 2.69. The normalized spacial score (nSPS) is 36.2.